The number of anilines is 1. The summed E-state index contributed by atoms with van der Waals surface area (Å²) in [5, 5.41) is 2.89. The van der Waals surface area contributed by atoms with E-state index in [4.69, 9.17) is 4.43 Å². The summed E-state index contributed by atoms with van der Waals surface area (Å²) in [6.45, 7) is 16.2. The van der Waals surface area contributed by atoms with Crippen LogP contribution in [0.15, 0.2) is 60.7 Å². The zero-order chi connectivity index (χ0) is 36.0. The molecule has 12 heteroatoms. The smallest absolute Gasteiger partial charge is 0.239 e. The van der Waals surface area contributed by atoms with Gasteiger partial charge >= 0.3 is 0 Å². The van der Waals surface area contributed by atoms with Crippen LogP contribution in [0.1, 0.15) is 83.2 Å². The molecule has 260 valence electrons. The van der Waals surface area contributed by atoms with E-state index in [1.165, 1.54) is 25.3 Å². The van der Waals surface area contributed by atoms with Crippen LogP contribution in [0.3, 0.4) is 0 Å². The van der Waals surface area contributed by atoms with Gasteiger partial charge in [-0.1, -0.05) is 65.0 Å². The van der Waals surface area contributed by atoms with Gasteiger partial charge in [0.1, 0.15) is 5.82 Å². The number of nitrogens with zero attached hydrogens (tertiary/aromatic N) is 3. The third kappa shape index (κ3) is 10.4. The van der Waals surface area contributed by atoms with Crippen LogP contribution in [-0.4, -0.2) is 57.8 Å². The lowest BCUT2D eigenvalue weighted by atomic mass is 9.97. The molecule has 0 fully saturated rings. The van der Waals surface area contributed by atoms with Crippen LogP contribution >= 0.6 is 0 Å². The second kappa shape index (κ2) is 15.6. The van der Waals surface area contributed by atoms with Gasteiger partial charge in [-0.15, -0.1) is 0 Å². The van der Waals surface area contributed by atoms with E-state index in [0.717, 1.165) is 16.1 Å². The molecule has 2 aromatic carbocycles. The van der Waals surface area contributed by atoms with Crippen LogP contribution in [0.5, 0.6) is 0 Å². The number of nitrogens with one attached hydrogen (secondary N) is 1. The SMILES string of the molecule is CC(C)c1nc(N(C)S(C)(=O)=O)nc(-c2ccc(F)cc2)c1/C=C/C(=O)C[C@H](CC(=O)N[C@@H](C)c1ccccc1)O[Si](C)(C)C(C)(C)C. The number of aromatic nitrogens is 2. The maximum atomic E-state index is 13.9. The third-order valence-corrected chi connectivity index (χ3v) is 14.3. The molecule has 1 heterocycles. The van der Waals surface area contributed by atoms with Gasteiger partial charge in [-0.05, 0) is 73.0 Å². The summed E-state index contributed by atoms with van der Waals surface area (Å²) in [5.74, 6) is -1.14. The molecule has 9 nitrogen and oxygen atoms in total. The average molecular weight is 697 g/mol. The van der Waals surface area contributed by atoms with Gasteiger partial charge < -0.3 is 9.74 Å². The fraction of sp³-hybridized carbons (Fsp3) is 0.444. The Bertz CT molecular complexity index is 1720. The molecule has 0 radical (unpaired) electrons. The van der Waals surface area contributed by atoms with E-state index < -0.39 is 30.3 Å². The van der Waals surface area contributed by atoms with E-state index in [-0.39, 0.29) is 47.5 Å². The summed E-state index contributed by atoms with van der Waals surface area (Å²) in [5.41, 5.74) is 2.88. The molecule has 3 rings (SSSR count). The first-order chi connectivity index (χ1) is 22.2. The maximum absolute atomic E-state index is 13.9. The molecule has 48 heavy (non-hydrogen) atoms. The van der Waals surface area contributed by atoms with Gasteiger partial charge in [0.05, 0.1) is 36.2 Å². The fourth-order valence-corrected chi connectivity index (χ4v) is 6.48. The Labute approximate surface area is 286 Å². The highest BCUT2D eigenvalue weighted by Gasteiger charge is 2.40. The maximum Gasteiger partial charge on any atom is 0.239 e. The quantitative estimate of drug-likeness (QED) is 0.138. The van der Waals surface area contributed by atoms with Crippen LogP contribution in [0.4, 0.5) is 10.3 Å². The number of ketones is 1. The van der Waals surface area contributed by atoms with E-state index >= 15 is 0 Å². The zero-order valence-corrected chi connectivity index (χ0v) is 31.5. The van der Waals surface area contributed by atoms with Crippen molar-refractivity contribution in [1.29, 1.82) is 0 Å². The minimum Gasteiger partial charge on any atom is -0.413 e. The van der Waals surface area contributed by atoms with Gasteiger partial charge in [0.2, 0.25) is 21.9 Å². The van der Waals surface area contributed by atoms with Gasteiger partial charge in [0.15, 0.2) is 14.1 Å². The normalized spacial score (nSPS) is 13.8. The number of hydrogen-bond acceptors (Lipinski definition) is 7. The standard InChI is InChI=1S/C36H49FN4O5SSi/c1-24(2)33-31(34(27-16-18-28(37)19-17-27)40-35(39-33)41(7)47(8,44)45)21-20-29(42)22-30(46-48(9,10)36(4,5)6)23-32(43)38-25(3)26-14-12-11-13-15-26/h11-21,24-25,30H,22-23H2,1-10H3,(H,38,43)/b21-20+/t25-,30+/m0/s1. The Balaban J connectivity index is 1.99. The number of hydrogen-bond donors (Lipinski definition) is 1. The van der Waals surface area contributed by atoms with Crippen molar-refractivity contribution in [1.82, 2.24) is 15.3 Å². The molecular formula is C36H49FN4O5SSi. The van der Waals surface area contributed by atoms with Crippen molar-refractivity contribution in [3.05, 3.63) is 83.3 Å². The predicted octanol–water partition coefficient (Wildman–Crippen LogP) is 7.43. The van der Waals surface area contributed by atoms with Gasteiger partial charge in [-0.3, -0.25) is 9.59 Å². The van der Waals surface area contributed by atoms with Gasteiger partial charge in [-0.25, -0.2) is 27.1 Å². The summed E-state index contributed by atoms with van der Waals surface area (Å²) < 4.78 is 46.2. The summed E-state index contributed by atoms with van der Waals surface area (Å²) in [6, 6.07) is 15.1. The van der Waals surface area contributed by atoms with E-state index in [9.17, 15) is 22.4 Å². The summed E-state index contributed by atoms with van der Waals surface area (Å²) in [4.78, 5) is 36.0. The summed E-state index contributed by atoms with van der Waals surface area (Å²) in [6.07, 6.45) is 3.41. The Kier molecular flexibility index (Phi) is 12.6. The molecule has 0 saturated heterocycles. The van der Waals surface area contributed by atoms with Crippen LogP contribution in [-0.2, 0) is 24.0 Å². The number of amides is 1. The van der Waals surface area contributed by atoms with Crippen molar-refractivity contribution in [2.45, 2.75) is 90.6 Å². The van der Waals surface area contributed by atoms with Crippen molar-refractivity contribution in [3.8, 4) is 11.3 Å². The predicted molar refractivity (Wildman–Crippen MR) is 193 cm³/mol. The van der Waals surface area contributed by atoms with E-state index in [1.807, 2.05) is 51.1 Å². The number of carbonyl (C=O) groups excluding carboxylic acids is 2. The minimum atomic E-state index is -3.68. The Hall–Kier alpha value is -3.74. The Morgan fingerprint density at radius 3 is 2.15 bits per heavy atom. The largest absolute Gasteiger partial charge is 0.413 e. The summed E-state index contributed by atoms with van der Waals surface area (Å²) >= 11 is 0. The highest BCUT2D eigenvalue weighted by Crippen LogP contribution is 2.38. The van der Waals surface area contributed by atoms with Crippen molar-refractivity contribution >= 4 is 42.1 Å². The number of sulfonamides is 1. The lowest BCUT2D eigenvalue weighted by Gasteiger charge is -2.39. The molecule has 0 aliphatic carbocycles. The lowest BCUT2D eigenvalue weighted by Crippen LogP contribution is -2.45. The molecular weight excluding hydrogens is 648 g/mol. The van der Waals surface area contributed by atoms with Crippen LogP contribution in [0.2, 0.25) is 18.1 Å². The molecule has 0 saturated carbocycles. The molecule has 0 spiro atoms. The first-order valence-electron chi connectivity index (χ1n) is 16.0. The zero-order valence-electron chi connectivity index (χ0n) is 29.7. The van der Waals surface area contributed by atoms with E-state index in [0.29, 0.717) is 22.5 Å². The van der Waals surface area contributed by atoms with Crippen molar-refractivity contribution < 1.29 is 26.8 Å². The molecule has 1 N–H and O–H groups in total. The van der Waals surface area contributed by atoms with Gasteiger partial charge in [-0.2, -0.15) is 0 Å². The van der Waals surface area contributed by atoms with E-state index in [1.54, 1.807) is 18.2 Å². The van der Waals surface area contributed by atoms with Crippen LogP contribution in [0, 0.1) is 5.82 Å². The van der Waals surface area contributed by atoms with Crippen molar-refractivity contribution in [2.24, 2.45) is 0 Å². The average Bonchev–Trinajstić information content (AvgIpc) is 2.98. The van der Waals surface area contributed by atoms with Crippen LogP contribution in [0.25, 0.3) is 17.3 Å². The molecule has 3 aromatic rings. The number of rotatable bonds is 14. The fourth-order valence-electron chi connectivity index (χ4n) is 4.75. The molecule has 0 bridgehead atoms. The number of carbonyl (C=O) groups is 2. The van der Waals surface area contributed by atoms with Crippen molar-refractivity contribution in [3.63, 3.8) is 0 Å². The summed E-state index contributed by atoms with van der Waals surface area (Å²) in [7, 11) is -4.69. The van der Waals surface area contributed by atoms with Gasteiger partial charge in [0, 0.05) is 24.6 Å². The number of benzene rings is 2. The Morgan fingerprint density at radius 2 is 1.60 bits per heavy atom. The Morgan fingerprint density at radius 1 is 1.00 bits per heavy atom. The highest BCUT2D eigenvalue weighted by molar-refractivity contribution is 7.92. The number of halogens is 1. The van der Waals surface area contributed by atoms with Crippen LogP contribution < -0.4 is 9.62 Å². The number of allylic oxidation sites excluding steroid dienone is 1. The second-order valence-electron chi connectivity index (χ2n) is 14.0. The minimum absolute atomic E-state index is 0.0109. The topological polar surface area (TPSA) is 119 Å². The molecule has 0 unspecified atom stereocenters. The van der Waals surface area contributed by atoms with Crippen molar-refractivity contribution in [2.75, 3.05) is 17.6 Å². The third-order valence-electron chi connectivity index (χ3n) is 8.63. The molecule has 0 aliphatic heterocycles. The van der Waals surface area contributed by atoms with Gasteiger partial charge in [0.25, 0.3) is 0 Å². The molecule has 1 aromatic heterocycles. The highest BCUT2D eigenvalue weighted by atomic mass is 32.2. The lowest BCUT2D eigenvalue weighted by molar-refractivity contribution is -0.124. The monoisotopic (exact) mass is 696 g/mol. The molecule has 0 aliphatic rings. The molecule has 2 atom stereocenters. The second-order valence-corrected chi connectivity index (χ2v) is 20.7. The molecule has 1 amide bonds. The first kappa shape index (κ1) is 38.7. The first-order valence-corrected chi connectivity index (χ1v) is 20.8. The van der Waals surface area contributed by atoms with E-state index in [2.05, 4.69) is 49.1 Å².